The SMILES string of the molecule is O=C(O)CCC(C(=O)O)n1c(=O)c(C(=O)Cn2cc(CCCF)nn2)c(O)n(Cc2ccccc2)c1=O. The Morgan fingerprint density at radius 3 is 2.41 bits per heavy atom. The molecule has 0 spiro atoms. The maximum atomic E-state index is 13.3. The van der Waals surface area contributed by atoms with Gasteiger partial charge in [-0.25, -0.2) is 18.8 Å². The molecule has 0 fully saturated rings. The molecule has 0 radical (unpaired) electrons. The number of carboxylic acids is 2. The van der Waals surface area contributed by atoms with Crippen molar-refractivity contribution < 1.29 is 34.1 Å². The third-order valence-corrected chi connectivity index (χ3v) is 5.50. The predicted octanol–water partition coefficient (Wildman–Crippen LogP) is 0.631. The van der Waals surface area contributed by atoms with E-state index in [0.29, 0.717) is 15.8 Å². The van der Waals surface area contributed by atoms with Crippen molar-refractivity contribution in [1.29, 1.82) is 0 Å². The molecule has 1 unspecified atom stereocenters. The summed E-state index contributed by atoms with van der Waals surface area (Å²) in [5.74, 6) is -4.99. The fraction of sp³-hybridized carbons (Fsp3) is 0.348. The zero-order valence-electron chi connectivity index (χ0n) is 19.5. The topological polar surface area (TPSA) is 187 Å². The minimum atomic E-state index is -1.91. The van der Waals surface area contributed by atoms with E-state index in [9.17, 15) is 38.6 Å². The van der Waals surface area contributed by atoms with Crippen LogP contribution in [0.25, 0.3) is 0 Å². The van der Waals surface area contributed by atoms with Crippen molar-refractivity contribution >= 4 is 17.7 Å². The van der Waals surface area contributed by atoms with Gasteiger partial charge in [0, 0.05) is 12.6 Å². The van der Waals surface area contributed by atoms with Crippen LogP contribution in [0.4, 0.5) is 4.39 Å². The molecule has 1 aromatic carbocycles. The van der Waals surface area contributed by atoms with E-state index in [-0.39, 0.29) is 24.0 Å². The van der Waals surface area contributed by atoms with Gasteiger partial charge in [-0.1, -0.05) is 35.5 Å². The summed E-state index contributed by atoms with van der Waals surface area (Å²) < 4.78 is 14.4. The van der Waals surface area contributed by atoms with Crippen LogP contribution in [0.2, 0.25) is 0 Å². The predicted molar refractivity (Wildman–Crippen MR) is 124 cm³/mol. The number of carboxylic acid groups (broad SMARTS) is 2. The third-order valence-electron chi connectivity index (χ3n) is 5.50. The lowest BCUT2D eigenvalue weighted by Gasteiger charge is -2.19. The summed E-state index contributed by atoms with van der Waals surface area (Å²) in [6.45, 7) is -1.48. The number of alkyl halides is 1. The number of Topliss-reactive ketones (excluding diaryl/α,β-unsaturated/α-hetero) is 1. The van der Waals surface area contributed by atoms with E-state index in [4.69, 9.17) is 5.11 Å². The van der Waals surface area contributed by atoms with Gasteiger partial charge in [0.25, 0.3) is 5.56 Å². The largest absolute Gasteiger partial charge is 0.494 e. The first kappa shape index (κ1) is 27.0. The number of carbonyl (C=O) groups excluding carboxylic acids is 1. The van der Waals surface area contributed by atoms with Gasteiger partial charge in [-0.15, -0.1) is 5.10 Å². The average molecular weight is 517 g/mol. The quantitative estimate of drug-likeness (QED) is 0.271. The molecular weight excluding hydrogens is 493 g/mol. The van der Waals surface area contributed by atoms with Gasteiger partial charge >= 0.3 is 17.6 Å². The number of aliphatic carboxylic acids is 2. The van der Waals surface area contributed by atoms with Gasteiger partial charge in [0.15, 0.2) is 5.78 Å². The molecule has 3 aromatic rings. The van der Waals surface area contributed by atoms with Gasteiger partial charge < -0.3 is 15.3 Å². The van der Waals surface area contributed by atoms with Crippen LogP contribution in [0.15, 0.2) is 46.1 Å². The molecule has 0 aliphatic heterocycles. The maximum absolute atomic E-state index is 13.3. The number of aryl methyl sites for hydroxylation is 1. The van der Waals surface area contributed by atoms with Crippen LogP contribution in [0.5, 0.6) is 5.88 Å². The Balaban J connectivity index is 2.13. The van der Waals surface area contributed by atoms with E-state index in [1.807, 2.05) is 0 Å². The molecule has 2 heterocycles. The summed E-state index contributed by atoms with van der Waals surface area (Å²) in [5.41, 5.74) is -2.59. The number of halogens is 1. The van der Waals surface area contributed by atoms with Gasteiger partial charge in [0.1, 0.15) is 18.2 Å². The Morgan fingerprint density at radius 2 is 1.78 bits per heavy atom. The van der Waals surface area contributed by atoms with Crippen LogP contribution >= 0.6 is 0 Å². The van der Waals surface area contributed by atoms with Crippen LogP contribution in [-0.4, -0.2) is 63.8 Å². The lowest BCUT2D eigenvalue weighted by molar-refractivity contribution is -0.142. The first-order chi connectivity index (χ1) is 17.6. The number of rotatable bonds is 13. The highest BCUT2D eigenvalue weighted by atomic mass is 19.1. The van der Waals surface area contributed by atoms with E-state index < -0.39 is 72.5 Å². The summed E-state index contributed by atoms with van der Waals surface area (Å²) >= 11 is 0. The highest BCUT2D eigenvalue weighted by molar-refractivity contribution is 5.97. The highest BCUT2D eigenvalue weighted by Gasteiger charge is 2.31. The van der Waals surface area contributed by atoms with Crippen LogP contribution in [0.1, 0.15) is 46.9 Å². The van der Waals surface area contributed by atoms with Crippen LogP contribution in [0, 0.1) is 0 Å². The fourth-order valence-electron chi connectivity index (χ4n) is 3.71. The lowest BCUT2D eigenvalue weighted by Crippen LogP contribution is -2.47. The molecule has 13 nitrogen and oxygen atoms in total. The number of hydrogen-bond acceptors (Lipinski definition) is 8. The summed E-state index contributed by atoms with van der Waals surface area (Å²) in [6, 6.07) is 6.31. The minimum absolute atomic E-state index is 0.190. The van der Waals surface area contributed by atoms with Crippen molar-refractivity contribution in [2.75, 3.05) is 6.67 Å². The number of ketones is 1. The molecule has 0 aliphatic carbocycles. The molecule has 196 valence electrons. The first-order valence-electron chi connectivity index (χ1n) is 11.2. The summed E-state index contributed by atoms with van der Waals surface area (Å²) in [7, 11) is 0. The second-order valence-corrected chi connectivity index (χ2v) is 8.14. The Kier molecular flexibility index (Phi) is 8.66. The van der Waals surface area contributed by atoms with E-state index in [1.54, 1.807) is 30.3 Å². The van der Waals surface area contributed by atoms with Gasteiger partial charge in [-0.05, 0) is 24.8 Å². The molecule has 1 atom stereocenters. The number of aromatic hydroxyl groups is 1. The van der Waals surface area contributed by atoms with Crippen LogP contribution in [0.3, 0.4) is 0 Å². The molecule has 0 saturated carbocycles. The van der Waals surface area contributed by atoms with Crippen molar-refractivity contribution in [3.63, 3.8) is 0 Å². The van der Waals surface area contributed by atoms with Gasteiger partial charge in [-0.3, -0.25) is 23.3 Å². The van der Waals surface area contributed by atoms with E-state index in [1.165, 1.54) is 6.20 Å². The Hall–Kier alpha value is -4.62. The second-order valence-electron chi connectivity index (χ2n) is 8.14. The molecule has 37 heavy (non-hydrogen) atoms. The van der Waals surface area contributed by atoms with Crippen molar-refractivity contribution in [2.45, 2.75) is 44.8 Å². The van der Waals surface area contributed by atoms with E-state index in [2.05, 4.69) is 10.3 Å². The molecule has 14 heteroatoms. The number of hydrogen-bond donors (Lipinski definition) is 3. The lowest BCUT2D eigenvalue weighted by atomic mass is 10.1. The molecule has 3 rings (SSSR count). The van der Waals surface area contributed by atoms with Gasteiger partial charge in [-0.2, -0.15) is 0 Å². The smallest absolute Gasteiger partial charge is 0.334 e. The number of benzene rings is 1. The third kappa shape index (κ3) is 6.34. The molecule has 2 aromatic heterocycles. The summed E-state index contributed by atoms with van der Waals surface area (Å²) in [6.07, 6.45) is 0.511. The number of carbonyl (C=O) groups is 3. The molecule has 0 bridgehead atoms. The number of nitrogens with zero attached hydrogens (tertiary/aromatic N) is 5. The van der Waals surface area contributed by atoms with Crippen molar-refractivity contribution in [3.05, 3.63) is 74.2 Å². The zero-order chi connectivity index (χ0) is 27.1. The van der Waals surface area contributed by atoms with Crippen molar-refractivity contribution in [1.82, 2.24) is 24.1 Å². The normalized spacial score (nSPS) is 11.8. The summed E-state index contributed by atoms with van der Waals surface area (Å²) in [4.78, 5) is 62.6. The summed E-state index contributed by atoms with van der Waals surface area (Å²) in [5, 5.41) is 37.1. The Morgan fingerprint density at radius 1 is 1.08 bits per heavy atom. The number of aromatic nitrogens is 5. The van der Waals surface area contributed by atoms with Crippen LogP contribution in [-0.2, 0) is 29.1 Å². The van der Waals surface area contributed by atoms with Gasteiger partial charge in [0.2, 0.25) is 5.88 Å². The second kappa shape index (κ2) is 11.9. The average Bonchev–Trinajstić information content (AvgIpc) is 3.29. The maximum Gasteiger partial charge on any atom is 0.334 e. The van der Waals surface area contributed by atoms with E-state index in [0.717, 1.165) is 4.68 Å². The van der Waals surface area contributed by atoms with Gasteiger partial charge in [0.05, 0.1) is 18.9 Å². The highest BCUT2D eigenvalue weighted by Crippen LogP contribution is 2.18. The fourth-order valence-corrected chi connectivity index (χ4v) is 3.71. The monoisotopic (exact) mass is 517 g/mol. The molecular formula is C23H24FN5O8. The molecule has 3 N–H and O–H groups in total. The van der Waals surface area contributed by atoms with Crippen molar-refractivity contribution in [3.8, 4) is 5.88 Å². The minimum Gasteiger partial charge on any atom is -0.494 e. The molecule has 0 aliphatic rings. The first-order valence-corrected chi connectivity index (χ1v) is 11.2. The molecule has 0 amide bonds. The van der Waals surface area contributed by atoms with Crippen molar-refractivity contribution in [2.24, 2.45) is 0 Å². The Labute approximate surface area is 208 Å². The van der Waals surface area contributed by atoms with Crippen LogP contribution < -0.4 is 11.2 Å². The zero-order valence-corrected chi connectivity index (χ0v) is 19.5. The molecule has 0 saturated heterocycles. The standard InChI is InChI=1S/C23H24FN5O8/c24-10-4-7-15-12-27(26-25-15)13-17(30)19-20(33)28(11-14-5-2-1-3-6-14)23(37)29(21(19)34)16(22(35)36)8-9-18(31)32/h1-3,5-6,12,16,33H,4,7-11,13H2,(H,31,32)(H,35,36). The Bertz CT molecular complexity index is 1410. The van der Waals surface area contributed by atoms with E-state index >= 15 is 0 Å².